The Bertz CT molecular complexity index is 1160. The van der Waals surface area contributed by atoms with Gasteiger partial charge in [-0.05, 0) is 46.4 Å². The van der Waals surface area contributed by atoms with E-state index in [1.54, 1.807) is 0 Å². The fourth-order valence-corrected chi connectivity index (χ4v) is 5.75. The first-order valence-corrected chi connectivity index (χ1v) is 10.4. The predicted octanol–water partition coefficient (Wildman–Crippen LogP) is 3.36. The van der Waals surface area contributed by atoms with Crippen LogP contribution in [0, 0.1) is 11.8 Å². The van der Waals surface area contributed by atoms with Crippen LogP contribution in [0.2, 0.25) is 0 Å². The van der Waals surface area contributed by atoms with Crippen molar-refractivity contribution in [2.45, 2.75) is 39.0 Å². The number of Topliss-reactive ketones (excluding diaryl/α,β-unsaturated/α-hetero) is 1. The van der Waals surface area contributed by atoms with Crippen LogP contribution in [0.5, 0.6) is 0 Å². The Hall–Kier alpha value is -3.05. The van der Waals surface area contributed by atoms with Crippen molar-refractivity contribution < 1.29 is 19.1 Å². The maximum Gasteiger partial charge on any atom is 0.234 e. The van der Waals surface area contributed by atoms with E-state index in [9.17, 15) is 14.4 Å². The molecule has 1 saturated carbocycles. The molecule has 1 saturated heterocycles. The van der Waals surface area contributed by atoms with Crippen LogP contribution in [0.15, 0.2) is 48.0 Å². The average molecular weight is 399 g/mol. The molecule has 4 aliphatic rings. The molecule has 30 heavy (non-hydrogen) atoms. The van der Waals surface area contributed by atoms with Crippen molar-refractivity contribution in [1.82, 2.24) is 4.90 Å². The Balaban J connectivity index is 1.44. The zero-order valence-corrected chi connectivity index (χ0v) is 16.7. The van der Waals surface area contributed by atoms with E-state index in [-0.39, 0.29) is 36.5 Å². The molecule has 2 fully saturated rings. The van der Waals surface area contributed by atoms with E-state index >= 15 is 0 Å². The van der Waals surface area contributed by atoms with Gasteiger partial charge in [-0.25, -0.2) is 0 Å². The lowest BCUT2D eigenvalue weighted by atomic mass is 9.69. The number of nitrogens with zero attached hydrogens (tertiary/aromatic N) is 1. The van der Waals surface area contributed by atoms with Crippen LogP contribution in [0.1, 0.15) is 47.1 Å². The minimum absolute atomic E-state index is 0.00840. The van der Waals surface area contributed by atoms with Crippen LogP contribution in [-0.2, 0) is 38.9 Å². The van der Waals surface area contributed by atoms with Gasteiger partial charge in [0.25, 0.3) is 0 Å². The molecular formula is C25H21NO4. The van der Waals surface area contributed by atoms with Crippen LogP contribution in [-0.4, -0.2) is 22.5 Å². The van der Waals surface area contributed by atoms with Gasteiger partial charge in [-0.2, -0.15) is 0 Å². The highest BCUT2D eigenvalue weighted by molar-refractivity contribution is 6.15. The van der Waals surface area contributed by atoms with Gasteiger partial charge in [0.1, 0.15) is 0 Å². The number of likely N-dealkylation sites (tertiary alicyclic amines) is 1. The van der Waals surface area contributed by atoms with Gasteiger partial charge < -0.3 is 4.74 Å². The molecule has 0 N–H and O–H groups in total. The van der Waals surface area contributed by atoms with Gasteiger partial charge >= 0.3 is 0 Å². The minimum Gasteiger partial charge on any atom is -0.372 e. The molecule has 2 amide bonds. The maximum absolute atomic E-state index is 13.5. The standard InChI is InChI=1S/C25H21NO4/c1-13-17-7-15-11-30-12-16(15)8-18(17)22-21(13)20(27)9-19-23(22)25(29)26(24(19)28)10-14-5-3-2-4-6-14/h2-8,19,22-23H,9-12H2,1H3/t19-,22+,23-/m1/s1. The minimum atomic E-state index is -0.564. The molecule has 2 aromatic carbocycles. The number of carbonyl (C=O) groups is 3. The molecule has 6 rings (SSSR count). The van der Waals surface area contributed by atoms with E-state index in [1.807, 2.05) is 37.3 Å². The van der Waals surface area contributed by atoms with Gasteiger partial charge in [0, 0.05) is 17.9 Å². The van der Waals surface area contributed by atoms with Gasteiger partial charge in [-0.15, -0.1) is 0 Å². The van der Waals surface area contributed by atoms with E-state index in [1.165, 1.54) is 4.90 Å². The summed E-state index contributed by atoms with van der Waals surface area (Å²) >= 11 is 0. The number of ketones is 1. The number of ether oxygens (including phenoxy) is 1. The molecule has 2 aromatic rings. The van der Waals surface area contributed by atoms with Gasteiger partial charge in [-0.3, -0.25) is 19.3 Å². The quantitative estimate of drug-likeness (QED) is 0.727. The lowest BCUT2D eigenvalue weighted by Gasteiger charge is -2.30. The smallest absolute Gasteiger partial charge is 0.234 e. The molecule has 2 aliphatic carbocycles. The molecule has 0 radical (unpaired) electrons. The van der Waals surface area contributed by atoms with E-state index in [2.05, 4.69) is 12.1 Å². The van der Waals surface area contributed by atoms with Crippen molar-refractivity contribution in [3.05, 3.63) is 75.9 Å². The van der Waals surface area contributed by atoms with Crippen molar-refractivity contribution in [1.29, 1.82) is 0 Å². The highest BCUT2D eigenvalue weighted by atomic mass is 16.5. The average Bonchev–Trinajstić information content (AvgIpc) is 3.39. The second-order valence-electron chi connectivity index (χ2n) is 8.73. The molecule has 150 valence electrons. The molecule has 0 bridgehead atoms. The van der Waals surface area contributed by atoms with Crippen LogP contribution in [0.25, 0.3) is 5.57 Å². The van der Waals surface area contributed by atoms with Crippen molar-refractivity contribution in [2.75, 3.05) is 0 Å². The fraction of sp³-hybridized carbons (Fsp3) is 0.320. The molecule has 3 atom stereocenters. The second kappa shape index (κ2) is 6.22. The predicted molar refractivity (Wildman–Crippen MR) is 109 cm³/mol. The fourth-order valence-electron chi connectivity index (χ4n) is 5.75. The topological polar surface area (TPSA) is 63.7 Å². The van der Waals surface area contributed by atoms with Gasteiger partial charge in [-0.1, -0.05) is 36.4 Å². The molecule has 2 aliphatic heterocycles. The first kappa shape index (κ1) is 17.8. The summed E-state index contributed by atoms with van der Waals surface area (Å²) < 4.78 is 5.58. The van der Waals surface area contributed by atoms with Crippen molar-refractivity contribution in [3.8, 4) is 0 Å². The number of fused-ring (bicyclic) bond motifs is 6. The van der Waals surface area contributed by atoms with Gasteiger partial charge in [0.15, 0.2) is 5.78 Å². The summed E-state index contributed by atoms with van der Waals surface area (Å²) in [4.78, 5) is 41.2. The first-order valence-electron chi connectivity index (χ1n) is 10.4. The second-order valence-corrected chi connectivity index (χ2v) is 8.73. The third kappa shape index (κ3) is 2.30. The summed E-state index contributed by atoms with van der Waals surface area (Å²) in [5.74, 6) is -1.74. The number of benzene rings is 2. The van der Waals surface area contributed by atoms with E-state index < -0.39 is 11.8 Å². The number of imide groups is 1. The summed E-state index contributed by atoms with van der Waals surface area (Å²) in [7, 11) is 0. The van der Waals surface area contributed by atoms with Crippen LogP contribution in [0.3, 0.4) is 0 Å². The number of rotatable bonds is 2. The molecule has 0 unspecified atom stereocenters. The Morgan fingerprint density at radius 1 is 1.00 bits per heavy atom. The summed E-state index contributed by atoms with van der Waals surface area (Å²) in [5, 5.41) is 0. The molecule has 2 heterocycles. The normalized spacial score (nSPS) is 26.8. The Kier molecular flexibility index (Phi) is 3.69. The Labute approximate surface area is 174 Å². The molecule has 5 heteroatoms. The van der Waals surface area contributed by atoms with Crippen LogP contribution in [0.4, 0.5) is 0 Å². The summed E-state index contributed by atoms with van der Waals surface area (Å²) in [5.41, 5.74) is 6.92. The lowest BCUT2D eigenvalue weighted by molar-refractivity contribution is -0.141. The zero-order valence-electron chi connectivity index (χ0n) is 16.7. The third-order valence-electron chi connectivity index (χ3n) is 7.16. The molecule has 5 nitrogen and oxygen atoms in total. The largest absolute Gasteiger partial charge is 0.372 e. The number of carbonyl (C=O) groups excluding carboxylic acids is 3. The summed E-state index contributed by atoms with van der Waals surface area (Å²) in [6.45, 7) is 3.36. The third-order valence-corrected chi connectivity index (χ3v) is 7.16. The number of allylic oxidation sites excluding steroid dienone is 2. The zero-order chi connectivity index (χ0) is 20.6. The number of hydrogen-bond acceptors (Lipinski definition) is 4. The Morgan fingerprint density at radius 3 is 2.50 bits per heavy atom. The molecule has 0 aromatic heterocycles. The van der Waals surface area contributed by atoms with E-state index in [0.717, 1.165) is 39.0 Å². The van der Waals surface area contributed by atoms with Crippen molar-refractivity contribution >= 4 is 23.2 Å². The summed E-state index contributed by atoms with van der Waals surface area (Å²) in [6, 6.07) is 13.8. The Morgan fingerprint density at radius 2 is 1.73 bits per heavy atom. The SMILES string of the molecule is CC1=C2C(=O)C[C@H]3C(=O)N(Cc4ccccc4)C(=O)[C@H]3[C@H]2c2cc3c(cc21)COC3. The van der Waals surface area contributed by atoms with Crippen LogP contribution >= 0.6 is 0 Å². The number of hydrogen-bond donors (Lipinski definition) is 0. The highest BCUT2D eigenvalue weighted by Gasteiger charge is 2.58. The number of amides is 2. The van der Waals surface area contributed by atoms with Gasteiger partial charge in [0.2, 0.25) is 11.8 Å². The molecular weight excluding hydrogens is 378 g/mol. The monoisotopic (exact) mass is 399 g/mol. The van der Waals surface area contributed by atoms with E-state index in [4.69, 9.17) is 4.74 Å². The van der Waals surface area contributed by atoms with Crippen molar-refractivity contribution in [2.24, 2.45) is 11.8 Å². The summed E-state index contributed by atoms with van der Waals surface area (Å²) in [6.07, 6.45) is 0.126. The van der Waals surface area contributed by atoms with Crippen molar-refractivity contribution in [3.63, 3.8) is 0 Å². The highest BCUT2D eigenvalue weighted by Crippen LogP contribution is 2.55. The lowest BCUT2D eigenvalue weighted by Crippen LogP contribution is -2.34. The first-order chi connectivity index (χ1) is 14.5. The van der Waals surface area contributed by atoms with Crippen LogP contribution < -0.4 is 0 Å². The van der Waals surface area contributed by atoms with Gasteiger partial charge in [0.05, 0.1) is 31.6 Å². The molecule has 0 spiro atoms. The van der Waals surface area contributed by atoms with E-state index in [0.29, 0.717) is 13.2 Å². The maximum atomic E-state index is 13.5.